The normalized spacial score (nSPS) is 25.8. The molecule has 0 aliphatic carbocycles. The van der Waals surface area contributed by atoms with Gasteiger partial charge in [-0.1, -0.05) is 0 Å². The van der Waals surface area contributed by atoms with E-state index < -0.39 is 0 Å². The molecule has 6 heteroatoms. The van der Waals surface area contributed by atoms with Gasteiger partial charge in [-0.25, -0.2) is 10.8 Å². The Hall–Kier alpha value is -1.66. The van der Waals surface area contributed by atoms with Crippen LogP contribution in [0.15, 0.2) is 12.1 Å². The summed E-state index contributed by atoms with van der Waals surface area (Å²) in [5.41, 5.74) is 3.98. The van der Waals surface area contributed by atoms with Crippen molar-refractivity contribution in [3.05, 3.63) is 23.4 Å². The second-order valence-corrected chi connectivity index (χ2v) is 6.12. The van der Waals surface area contributed by atoms with E-state index in [1.165, 1.54) is 19.4 Å². The van der Waals surface area contributed by atoms with Gasteiger partial charge in [0.05, 0.1) is 0 Å². The first-order chi connectivity index (χ1) is 10.1. The molecule has 3 rings (SSSR count). The number of hydrazine groups is 1. The highest BCUT2D eigenvalue weighted by molar-refractivity contribution is 5.95. The molecule has 0 bridgehead atoms. The molecule has 1 amide bonds. The number of hydrogen-bond acceptors (Lipinski definition) is 5. The molecule has 0 aromatic carbocycles. The third-order valence-corrected chi connectivity index (χ3v) is 4.55. The van der Waals surface area contributed by atoms with Crippen molar-refractivity contribution in [1.29, 1.82) is 0 Å². The van der Waals surface area contributed by atoms with Gasteiger partial charge < -0.3 is 10.3 Å². The van der Waals surface area contributed by atoms with Gasteiger partial charge in [0.2, 0.25) is 0 Å². The number of nitrogens with one attached hydrogen (secondary N) is 1. The number of nitrogens with zero attached hydrogens (tertiary/aromatic N) is 3. The Balaban J connectivity index is 1.82. The Kier molecular flexibility index (Phi) is 3.82. The lowest BCUT2D eigenvalue weighted by molar-refractivity contribution is 0.0395. The summed E-state index contributed by atoms with van der Waals surface area (Å²) in [5, 5.41) is 0. The van der Waals surface area contributed by atoms with Crippen molar-refractivity contribution < 1.29 is 4.79 Å². The first-order valence-corrected chi connectivity index (χ1v) is 7.59. The summed E-state index contributed by atoms with van der Waals surface area (Å²) in [4.78, 5) is 21.6. The molecular weight excluding hydrogens is 266 g/mol. The van der Waals surface area contributed by atoms with Crippen molar-refractivity contribution in [3.8, 4) is 0 Å². The smallest absolute Gasteiger partial charge is 0.254 e. The minimum atomic E-state index is 0.0797. The molecule has 1 aromatic heterocycles. The molecule has 114 valence electrons. The van der Waals surface area contributed by atoms with Crippen LogP contribution in [-0.2, 0) is 0 Å². The summed E-state index contributed by atoms with van der Waals surface area (Å²) in [6.45, 7) is 6.97. The van der Waals surface area contributed by atoms with E-state index in [2.05, 4.69) is 22.2 Å². The van der Waals surface area contributed by atoms with Crippen LogP contribution in [0.25, 0.3) is 0 Å². The van der Waals surface area contributed by atoms with Gasteiger partial charge in [0.1, 0.15) is 5.82 Å². The molecule has 0 radical (unpaired) electrons. The fourth-order valence-electron chi connectivity index (χ4n) is 3.50. The Morgan fingerprint density at radius 3 is 3.00 bits per heavy atom. The zero-order chi connectivity index (χ0) is 15.0. The number of carbonyl (C=O) groups excluding carboxylic acids is 1. The fraction of sp³-hybridized carbons (Fsp3) is 0.600. The summed E-state index contributed by atoms with van der Waals surface area (Å²) in [6, 6.07) is 4.33. The van der Waals surface area contributed by atoms with E-state index in [4.69, 9.17) is 5.84 Å². The highest BCUT2D eigenvalue weighted by Gasteiger charge is 2.36. The average Bonchev–Trinajstić information content (AvgIpc) is 2.92. The SMILES string of the molecule is Cc1cc(C(=O)N2CC3CCCN3CC2C)cc(NN)n1. The Bertz CT molecular complexity index is 547. The number of hydrogen-bond donors (Lipinski definition) is 2. The Labute approximate surface area is 125 Å². The predicted octanol–water partition coefficient (Wildman–Crippen LogP) is 0.984. The molecular formula is C15H23N5O. The maximum atomic E-state index is 12.8. The molecule has 2 fully saturated rings. The largest absolute Gasteiger partial charge is 0.333 e. The number of aryl methyl sites for hydroxylation is 1. The summed E-state index contributed by atoms with van der Waals surface area (Å²) >= 11 is 0. The lowest BCUT2D eigenvalue weighted by atomic mass is 10.1. The number of nitrogens with two attached hydrogens (primary N) is 1. The zero-order valence-electron chi connectivity index (χ0n) is 12.7. The van der Waals surface area contributed by atoms with E-state index in [9.17, 15) is 4.79 Å². The van der Waals surface area contributed by atoms with Crippen molar-refractivity contribution in [2.45, 2.75) is 38.8 Å². The van der Waals surface area contributed by atoms with E-state index in [1.54, 1.807) is 6.07 Å². The second kappa shape index (κ2) is 5.61. The quantitative estimate of drug-likeness (QED) is 0.627. The van der Waals surface area contributed by atoms with Gasteiger partial charge in [-0.05, 0) is 45.4 Å². The minimum Gasteiger partial charge on any atom is -0.333 e. The summed E-state index contributed by atoms with van der Waals surface area (Å²) in [6.07, 6.45) is 2.44. The van der Waals surface area contributed by atoms with Crippen LogP contribution < -0.4 is 11.3 Å². The molecule has 0 spiro atoms. The number of aromatic nitrogens is 1. The van der Waals surface area contributed by atoms with E-state index in [1.807, 2.05) is 17.9 Å². The number of rotatable bonds is 2. The second-order valence-electron chi connectivity index (χ2n) is 6.12. The van der Waals surface area contributed by atoms with E-state index >= 15 is 0 Å². The molecule has 2 aliphatic rings. The topological polar surface area (TPSA) is 74.5 Å². The number of pyridine rings is 1. The van der Waals surface area contributed by atoms with Crippen LogP contribution in [0.1, 0.15) is 35.8 Å². The van der Waals surface area contributed by atoms with Gasteiger partial charge in [-0.2, -0.15) is 0 Å². The van der Waals surface area contributed by atoms with Gasteiger partial charge in [-0.3, -0.25) is 9.69 Å². The van der Waals surface area contributed by atoms with Crippen molar-refractivity contribution in [2.75, 3.05) is 25.1 Å². The number of amides is 1. The van der Waals surface area contributed by atoms with Gasteiger partial charge in [0, 0.05) is 36.4 Å². The standard InChI is InChI=1S/C15H23N5O/c1-10-6-12(7-14(17-10)18-16)15(21)20-9-13-4-3-5-19(13)8-11(20)2/h6-7,11,13H,3-5,8-9,16H2,1-2H3,(H,17,18). The molecule has 1 aromatic rings. The van der Waals surface area contributed by atoms with E-state index in [-0.39, 0.29) is 11.9 Å². The molecule has 21 heavy (non-hydrogen) atoms. The van der Waals surface area contributed by atoms with Gasteiger partial charge in [-0.15, -0.1) is 0 Å². The lowest BCUT2D eigenvalue weighted by Gasteiger charge is -2.42. The number of carbonyl (C=O) groups is 1. The molecule has 6 nitrogen and oxygen atoms in total. The Morgan fingerprint density at radius 1 is 1.43 bits per heavy atom. The molecule has 2 atom stereocenters. The first-order valence-electron chi connectivity index (χ1n) is 7.59. The van der Waals surface area contributed by atoms with Crippen LogP contribution in [0.2, 0.25) is 0 Å². The van der Waals surface area contributed by atoms with Crippen molar-refractivity contribution >= 4 is 11.7 Å². The number of fused-ring (bicyclic) bond motifs is 1. The van der Waals surface area contributed by atoms with E-state index in [0.717, 1.165) is 18.8 Å². The Morgan fingerprint density at radius 2 is 2.24 bits per heavy atom. The monoisotopic (exact) mass is 289 g/mol. The number of piperazine rings is 1. The van der Waals surface area contributed by atoms with Crippen LogP contribution in [0.5, 0.6) is 0 Å². The third-order valence-electron chi connectivity index (χ3n) is 4.55. The highest BCUT2D eigenvalue weighted by atomic mass is 16.2. The molecule has 2 aliphatic heterocycles. The number of nitrogen functional groups attached to an aromatic ring is 1. The minimum absolute atomic E-state index is 0.0797. The molecule has 3 N–H and O–H groups in total. The summed E-state index contributed by atoms with van der Waals surface area (Å²) < 4.78 is 0. The molecule has 3 heterocycles. The van der Waals surface area contributed by atoms with Crippen molar-refractivity contribution in [3.63, 3.8) is 0 Å². The molecule has 2 saturated heterocycles. The van der Waals surface area contributed by atoms with Crippen molar-refractivity contribution in [1.82, 2.24) is 14.8 Å². The maximum Gasteiger partial charge on any atom is 0.254 e. The zero-order valence-corrected chi connectivity index (χ0v) is 12.7. The van der Waals surface area contributed by atoms with Gasteiger partial charge in [0.15, 0.2) is 0 Å². The summed E-state index contributed by atoms with van der Waals surface area (Å²) in [7, 11) is 0. The fourth-order valence-corrected chi connectivity index (χ4v) is 3.50. The summed E-state index contributed by atoms with van der Waals surface area (Å²) in [5.74, 6) is 6.03. The first kappa shape index (κ1) is 14.3. The van der Waals surface area contributed by atoms with E-state index in [0.29, 0.717) is 17.4 Å². The van der Waals surface area contributed by atoms with Crippen LogP contribution in [-0.4, -0.2) is 52.4 Å². The highest BCUT2D eigenvalue weighted by Crippen LogP contribution is 2.26. The third kappa shape index (κ3) is 2.73. The van der Waals surface area contributed by atoms with Gasteiger partial charge in [0.25, 0.3) is 5.91 Å². The lowest BCUT2D eigenvalue weighted by Crippen LogP contribution is -2.56. The number of anilines is 1. The van der Waals surface area contributed by atoms with Gasteiger partial charge >= 0.3 is 0 Å². The predicted molar refractivity (Wildman–Crippen MR) is 81.9 cm³/mol. The van der Waals surface area contributed by atoms with Crippen LogP contribution in [0, 0.1) is 6.92 Å². The van der Waals surface area contributed by atoms with Crippen LogP contribution in [0.3, 0.4) is 0 Å². The van der Waals surface area contributed by atoms with Crippen LogP contribution in [0.4, 0.5) is 5.82 Å². The maximum absolute atomic E-state index is 12.8. The average molecular weight is 289 g/mol. The molecule has 2 unspecified atom stereocenters. The van der Waals surface area contributed by atoms with Crippen LogP contribution >= 0.6 is 0 Å². The molecule has 0 saturated carbocycles. The van der Waals surface area contributed by atoms with Crippen molar-refractivity contribution in [2.24, 2.45) is 5.84 Å².